The van der Waals surface area contributed by atoms with Crippen LogP contribution in [-0.4, -0.2) is 21.3 Å². The van der Waals surface area contributed by atoms with E-state index in [4.69, 9.17) is 5.10 Å². The Bertz CT molecular complexity index is 790. The predicted molar refractivity (Wildman–Crippen MR) is 83.7 cm³/mol. The average Bonchev–Trinajstić information content (AvgIpc) is 3.11. The topological polar surface area (TPSA) is 42.7 Å². The molecule has 4 nitrogen and oxygen atoms in total. The van der Waals surface area contributed by atoms with Gasteiger partial charge in [0.2, 0.25) is 0 Å². The molecule has 3 heterocycles. The fourth-order valence-electron chi connectivity index (χ4n) is 2.86. The Morgan fingerprint density at radius 3 is 2.76 bits per heavy atom. The lowest BCUT2D eigenvalue weighted by Crippen LogP contribution is -2.05. The summed E-state index contributed by atoms with van der Waals surface area (Å²) < 4.78 is 2.02. The second-order valence-electron chi connectivity index (χ2n) is 5.27. The Morgan fingerprint density at radius 1 is 1.10 bits per heavy atom. The molecule has 0 saturated heterocycles. The molecule has 3 aromatic rings. The molecule has 0 atom stereocenters. The highest BCUT2D eigenvalue weighted by Gasteiger charge is 2.24. The van der Waals surface area contributed by atoms with Crippen molar-refractivity contribution in [2.24, 2.45) is 0 Å². The number of rotatable bonds is 2. The molecule has 0 bridgehead atoms. The Balaban J connectivity index is 1.93. The van der Waals surface area contributed by atoms with E-state index in [-0.39, 0.29) is 0 Å². The van der Waals surface area contributed by atoms with E-state index in [1.165, 1.54) is 11.1 Å². The van der Waals surface area contributed by atoms with E-state index in [2.05, 4.69) is 35.4 Å². The maximum Gasteiger partial charge on any atom is 0.133 e. The largest absolute Gasteiger partial charge is 0.369 e. The smallest absolute Gasteiger partial charge is 0.133 e. The Kier molecular flexibility index (Phi) is 2.74. The van der Waals surface area contributed by atoms with E-state index >= 15 is 0 Å². The second-order valence-corrected chi connectivity index (χ2v) is 5.27. The third-order valence-corrected chi connectivity index (χ3v) is 3.90. The molecule has 1 N–H and O–H groups in total. The maximum atomic E-state index is 4.82. The molecule has 4 rings (SSSR count). The van der Waals surface area contributed by atoms with Crippen LogP contribution in [0, 0.1) is 6.92 Å². The number of para-hydroxylation sites is 1. The van der Waals surface area contributed by atoms with E-state index in [1.807, 2.05) is 35.1 Å². The van der Waals surface area contributed by atoms with Crippen LogP contribution in [0.15, 0.2) is 48.7 Å². The van der Waals surface area contributed by atoms with E-state index in [0.29, 0.717) is 0 Å². The van der Waals surface area contributed by atoms with Crippen LogP contribution >= 0.6 is 0 Å². The molecule has 0 aliphatic carbocycles. The highest BCUT2D eigenvalue weighted by Crippen LogP contribution is 2.34. The van der Waals surface area contributed by atoms with Gasteiger partial charge in [-0.3, -0.25) is 4.98 Å². The van der Waals surface area contributed by atoms with Crippen molar-refractivity contribution < 1.29 is 0 Å². The lowest BCUT2D eigenvalue weighted by molar-refractivity contribution is 0.873. The summed E-state index contributed by atoms with van der Waals surface area (Å²) >= 11 is 0. The van der Waals surface area contributed by atoms with Gasteiger partial charge < -0.3 is 5.32 Å². The minimum atomic E-state index is 0.935. The second kappa shape index (κ2) is 4.74. The van der Waals surface area contributed by atoms with Crippen LogP contribution < -0.4 is 5.32 Å². The van der Waals surface area contributed by atoms with Gasteiger partial charge in [-0.1, -0.05) is 24.3 Å². The first-order valence-electron chi connectivity index (χ1n) is 7.18. The van der Waals surface area contributed by atoms with Crippen molar-refractivity contribution in [3.8, 4) is 17.1 Å². The molecule has 104 valence electrons. The van der Waals surface area contributed by atoms with Crippen LogP contribution in [0.2, 0.25) is 0 Å². The summed E-state index contributed by atoms with van der Waals surface area (Å²) in [5.74, 6) is 1.10. The van der Waals surface area contributed by atoms with Crippen LogP contribution in [0.1, 0.15) is 11.1 Å². The van der Waals surface area contributed by atoms with Crippen molar-refractivity contribution in [2.75, 3.05) is 11.9 Å². The quantitative estimate of drug-likeness (QED) is 0.781. The fraction of sp³-hybridized carbons (Fsp3) is 0.176. The van der Waals surface area contributed by atoms with Gasteiger partial charge in [-0.05, 0) is 37.1 Å². The van der Waals surface area contributed by atoms with Crippen molar-refractivity contribution >= 4 is 5.82 Å². The molecule has 4 heteroatoms. The van der Waals surface area contributed by atoms with Gasteiger partial charge in [0.05, 0.1) is 11.4 Å². The minimum absolute atomic E-state index is 0.935. The van der Waals surface area contributed by atoms with Gasteiger partial charge in [0.1, 0.15) is 11.5 Å². The summed E-state index contributed by atoms with van der Waals surface area (Å²) in [7, 11) is 0. The third-order valence-electron chi connectivity index (χ3n) is 3.90. The van der Waals surface area contributed by atoms with Gasteiger partial charge in [-0.2, -0.15) is 5.10 Å². The SMILES string of the molecule is Cc1ccccc1-n1nc(-c2ccccn2)c2c1NCC2. The molecule has 0 amide bonds. The summed E-state index contributed by atoms with van der Waals surface area (Å²) in [6.07, 6.45) is 2.81. The number of hydrogen-bond donors (Lipinski definition) is 1. The average molecular weight is 276 g/mol. The summed E-state index contributed by atoms with van der Waals surface area (Å²) in [5, 5.41) is 8.28. The number of benzene rings is 1. The van der Waals surface area contributed by atoms with Crippen LogP contribution in [0.5, 0.6) is 0 Å². The monoisotopic (exact) mass is 276 g/mol. The lowest BCUT2D eigenvalue weighted by atomic mass is 10.1. The fourth-order valence-corrected chi connectivity index (χ4v) is 2.86. The zero-order valence-electron chi connectivity index (χ0n) is 11.9. The lowest BCUT2D eigenvalue weighted by Gasteiger charge is -2.09. The molecule has 0 radical (unpaired) electrons. The van der Waals surface area contributed by atoms with Crippen LogP contribution in [0.4, 0.5) is 5.82 Å². The maximum absolute atomic E-state index is 4.82. The molecule has 1 aromatic carbocycles. The van der Waals surface area contributed by atoms with Gasteiger partial charge in [0.25, 0.3) is 0 Å². The van der Waals surface area contributed by atoms with Crippen molar-refractivity contribution in [1.29, 1.82) is 0 Å². The highest BCUT2D eigenvalue weighted by atomic mass is 15.3. The normalized spacial score (nSPS) is 13.0. The molecule has 0 fully saturated rings. The number of hydrogen-bond acceptors (Lipinski definition) is 3. The number of fused-ring (bicyclic) bond motifs is 1. The Hall–Kier alpha value is -2.62. The molecule has 21 heavy (non-hydrogen) atoms. The van der Waals surface area contributed by atoms with E-state index in [9.17, 15) is 0 Å². The molecular weight excluding hydrogens is 260 g/mol. The molecule has 1 aliphatic heterocycles. The summed E-state index contributed by atoms with van der Waals surface area (Å²) in [6.45, 7) is 3.07. The van der Waals surface area contributed by atoms with Gasteiger partial charge >= 0.3 is 0 Å². The zero-order valence-corrected chi connectivity index (χ0v) is 11.9. The van der Waals surface area contributed by atoms with Crippen LogP contribution in [-0.2, 0) is 6.42 Å². The van der Waals surface area contributed by atoms with Crippen molar-refractivity contribution in [2.45, 2.75) is 13.3 Å². The van der Waals surface area contributed by atoms with Gasteiger partial charge in [0, 0.05) is 18.3 Å². The van der Waals surface area contributed by atoms with Crippen molar-refractivity contribution in [3.05, 3.63) is 59.8 Å². The van der Waals surface area contributed by atoms with Gasteiger partial charge in [-0.25, -0.2) is 4.68 Å². The number of nitrogens with one attached hydrogen (secondary N) is 1. The third kappa shape index (κ3) is 1.91. The van der Waals surface area contributed by atoms with Gasteiger partial charge in [-0.15, -0.1) is 0 Å². The highest BCUT2D eigenvalue weighted by molar-refractivity contribution is 5.70. The first-order chi connectivity index (χ1) is 10.3. The Labute approximate surface area is 123 Å². The molecule has 0 unspecified atom stereocenters. The van der Waals surface area contributed by atoms with Crippen molar-refractivity contribution in [3.63, 3.8) is 0 Å². The standard InChI is InChI=1S/C17H16N4/c1-12-6-2-3-8-15(12)21-17-13(9-11-19-17)16(20-21)14-7-4-5-10-18-14/h2-8,10,19H,9,11H2,1H3. The minimum Gasteiger partial charge on any atom is -0.369 e. The molecule has 0 saturated carbocycles. The van der Waals surface area contributed by atoms with E-state index in [1.54, 1.807) is 0 Å². The summed E-state index contributed by atoms with van der Waals surface area (Å²) in [4.78, 5) is 4.45. The first kappa shape index (κ1) is 12.1. The first-order valence-corrected chi connectivity index (χ1v) is 7.18. The number of pyridine rings is 1. The number of aromatic nitrogens is 3. The molecule has 0 spiro atoms. The summed E-state index contributed by atoms with van der Waals surface area (Å²) in [6, 6.07) is 14.3. The number of aryl methyl sites for hydroxylation is 1. The molecule has 1 aliphatic rings. The molecular formula is C17H16N4. The van der Waals surface area contributed by atoms with Crippen LogP contribution in [0.25, 0.3) is 17.1 Å². The van der Waals surface area contributed by atoms with E-state index < -0.39 is 0 Å². The molecule has 2 aromatic heterocycles. The number of nitrogens with zero attached hydrogens (tertiary/aromatic N) is 3. The summed E-state index contributed by atoms with van der Waals surface area (Å²) in [5.41, 5.74) is 5.51. The predicted octanol–water partition coefficient (Wildman–Crippen LogP) is 3.21. The zero-order chi connectivity index (χ0) is 14.2. The van der Waals surface area contributed by atoms with E-state index in [0.717, 1.165) is 35.9 Å². The Morgan fingerprint density at radius 2 is 1.95 bits per heavy atom. The van der Waals surface area contributed by atoms with Gasteiger partial charge in [0.15, 0.2) is 0 Å². The number of anilines is 1. The van der Waals surface area contributed by atoms with Crippen LogP contribution in [0.3, 0.4) is 0 Å². The van der Waals surface area contributed by atoms with Crippen molar-refractivity contribution in [1.82, 2.24) is 14.8 Å².